The maximum absolute atomic E-state index is 11.1. The molecule has 0 spiro atoms. The fourth-order valence-corrected chi connectivity index (χ4v) is 2.00. The first-order chi connectivity index (χ1) is 9.72. The summed E-state index contributed by atoms with van der Waals surface area (Å²) in [7, 11) is 0. The topological polar surface area (TPSA) is 52.6 Å². The predicted molar refractivity (Wildman–Crippen MR) is 76.6 cm³/mol. The van der Waals surface area contributed by atoms with Crippen molar-refractivity contribution in [3.63, 3.8) is 0 Å². The standard InChI is InChI=1S/C16H24O4/c1-2-3-4-5-6-7-8-9-10-11-16-19-14(17)12-13-15(18)20-16/h11-13H,2-10H2,1H3. The van der Waals surface area contributed by atoms with Crippen molar-refractivity contribution in [1.29, 1.82) is 0 Å². The molecule has 0 atom stereocenters. The summed E-state index contributed by atoms with van der Waals surface area (Å²) in [5.41, 5.74) is 0. The molecule has 0 aromatic rings. The molecule has 1 aliphatic heterocycles. The quantitative estimate of drug-likeness (QED) is 0.473. The minimum Gasteiger partial charge on any atom is -0.390 e. The minimum absolute atomic E-state index is 0.00736. The first-order valence-electron chi connectivity index (χ1n) is 7.54. The molecule has 0 aromatic carbocycles. The van der Waals surface area contributed by atoms with Crippen LogP contribution in [0.1, 0.15) is 64.7 Å². The summed E-state index contributed by atoms with van der Waals surface area (Å²) in [5.74, 6) is -1.14. The van der Waals surface area contributed by atoms with Gasteiger partial charge in [-0.2, -0.15) is 0 Å². The lowest BCUT2D eigenvalue weighted by Crippen LogP contribution is -2.03. The van der Waals surface area contributed by atoms with Gasteiger partial charge in [-0.05, 0) is 18.9 Å². The Morgan fingerprint density at radius 3 is 1.90 bits per heavy atom. The molecule has 0 unspecified atom stereocenters. The summed E-state index contributed by atoms with van der Waals surface area (Å²) >= 11 is 0. The second-order valence-electron chi connectivity index (χ2n) is 4.96. The van der Waals surface area contributed by atoms with Gasteiger partial charge in [-0.25, -0.2) is 9.59 Å². The van der Waals surface area contributed by atoms with Gasteiger partial charge in [0, 0.05) is 12.2 Å². The van der Waals surface area contributed by atoms with Crippen molar-refractivity contribution >= 4 is 11.9 Å². The average molecular weight is 280 g/mol. The van der Waals surface area contributed by atoms with Crippen LogP contribution in [0.5, 0.6) is 0 Å². The van der Waals surface area contributed by atoms with E-state index in [0.717, 1.165) is 31.4 Å². The number of esters is 2. The van der Waals surface area contributed by atoms with E-state index in [1.54, 1.807) is 6.08 Å². The minimum atomic E-state index is -0.571. The molecule has 20 heavy (non-hydrogen) atoms. The first-order valence-corrected chi connectivity index (χ1v) is 7.54. The number of cyclic esters (lactones) is 2. The summed E-state index contributed by atoms with van der Waals surface area (Å²) in [6, 6.07) is 0. The third-order valence-electron chi connectivity index (χ3n) is 3.13. The smallest absolute Gasteiger partial charge is 0.338 e. The molecule has 0 bridgehead atoms. The van der Waals surface area contributed by atoms with Crippen molar-refractivity contribution in [2.24, 2.45) is 0 Å². The van der Waals surface area contributed by atoms with Gasteiger partial charge in [0.25, 0.3) is 5.95 Å². The molecule has 1 rings (SSSR count). The number of carbonyl (C=O) groups is 2. The molecule has 0 aromatic heterocycles. The van der Waals surface area contributed by atoms with Crippen LogP contribution in [0.25, 0.3) is 0 Å². The largest absolute Gasteiger partial charge is 0.390 e. The van der Waals surface area contributed by atoms with Crippen LogP contribution >= 0.6 is 0 Å². The highest BCUT2D eigenvalue weighted by atomic mass is 16.7. The molecule has 1 heterocycles. The molecular formula is C16H24O4. The SMILES string of the molecule is CCCCCCCCCCC=C1OC(=O)C=CC(=O)O1. The van der Waals surface area contributed by atoms with E-state index >= 15 is 0 Å². The highest BCUT2D eigenvalue weighted by molar-refractivity contribution is 5.93. The van der Waals surface area contributed by atoms with Crippen LogP contribution in [-0.4, -0.2) is 11.9 Å². The van der Waals surface area contributed by atoms with E-state index in [-0.39, 0.29) is 5.95 Å². The van der Waals surface area contributed by atoms with Crippen molar-refractivity contribution in [2.45, 2.75) is 64.7 Å². The van der Waals surface area contributed by atoms with Crippen LogP contribution in [0.2, 0.25) is 0 Å². The number of allylic oxidation sites excluding steroid dienone is 1. The third kappa shape index (κ3) is 7.77. The Bertz CT molecular complexity index is 347. The van der Waals surface area contributed by atoms with Gasteiger partial charge in [0.15, 0.2) is 0 Å². The van der Waals surface area contributed by atoms with Crippen LogP contribution in [0.15, 0.2) is 24.2 Å². The van der Waals surface area contributed by atoms with Crippen LogP contribution in [0.3, 0.4) is 0 Å². The summed E-state index contributed by atoms with van der Waals surface area (Å²) in [6.45, 7) is 2.22. The Morgan fingerprint density at radius 1 is 0.850 bits per heavy atom. The van der Waals surface area contributed by atoms with Gasteiger partial charge in [-0.1, -0.05) is 51.9 Å². The van der Waals surface area contributed by atoms with Crippen molar-refractivity contribution in [3.05, 3.63) is 24.2 Å². The molecule has 0 N–H and O–H groups in total. The molecule has 1 aliphatic rings. The first kappa shape index (κ1) is 16.5. The Morgan fingerprint density at radius 2 is 1.35 bits per heavy atom. The van der Waals surface area contributed by atoms with Crippen molar-refractivity contribution in [1.82, 2.24) is 0 Å². The normalized spacial score (nSPS) is 14.8. The third-order valence-corrected chi connectivity index (χ3v) is 3.13. The zero-order chi connectivity index (χ0) is 14.6. The second-order valence-corrected chi connectivity index (χ2v) is 4.96. The predicted octanol–water partition coefficient (Wildman–Crippen LogP) is 4.01. The van der Waals surface area contributed by atoms with Gasteiger partial charge < -0.3 is 9.47 Å². The fraction of sp³-hybridized carbons (Fsp3) is 0.625. The Kier molecular flexibility index (Phi) is 8.43. The van der Waals surface area contributed by atoms with E-state index in [1.165, 1.54) is 38.5 Å². The summed E-state index contributed by atoms with van der Waals surface area (Å²) in [4.78, 5) is 22.2. The zero-order valence-electron chi connectivity index (χ0n) is 12.2. The van der Waals surface area contributed by atoms with E-state index in [4.69, 9.17) is 9.47 Å². The van der Waals surface area contributed by atoms with Gasteiger partial charge >= 0.3 is 11.9 Å². The Hall–Kier alpha value is -1.58. The highest BCUT2D eigenvalue weighted by Gasteiger charge is 2.13. The molecule has 0 radical (unpaired) electrons. The Balaban J connectivity index is 2.09. The van der Waals surface area contributed by atoms with Gasteiger partial charge in [0.1, 0.15) is 0 Å². The van der Waals surface area contributed by atoms with Gasteiger partial charge in [-0.3, -0.25) is 0 Å². The number of rotatable bonds is 9. The number of carbonyl (C=O) groups excluding carboxylic acids is 2. The number of ether oxygens (including phenoxy) is 2. The van der Waals surface area contributed by atoms with Crippen LogP contribution < -0.4 is 0 Å². The maximum Gasteiger partial charge on any atom is 0.338 e. The van der Waals surface area contributed by atoms with Crippen molar-refractivity contribution in [2.75, 3.05) is 0 Å². The lowest BCUT2D eigenvalue weighted by Gasteiger charge is -2.04. The van der Waals surface area contributed by atoms with E-state index < -0.39 is 11.9 Å². The Labute approximate surface area is 120 Å². The number of hydrogen-bond donors (Lipinski definition) is 0. The lowest BCUT2D eigenvalue weighted by molar-refractivity contribution is -0.145. The van der Waals surface area contributed by atoms with Gasteiger partial charge in [0.2, 0.25) is 0 Å². The fourth-order valence-electron chi connectivity index (χ4n) is 2.00. The number of unbranched alkanes of at least 4 members (excludes halogenated alkanes) is 8. The van der Waals surface area contributed by atoms with Crippen LogP contribution in [-0.2, 0) is 19.1 Å². The molecule has 0 fully saturated rings. The van der Waals surface area contributed by atoms with Crippen molar-refractivity contribution < 1.29 is 19.1 Å². The molecule has 0 amide bonds. The van der Waals surface area contributed by atoms with E-state index in [1.807, 2.05) is 0 Å². The van der Waals surface area contributed by atoms with Crippen LogP contribution in [0.4, 0.5) is 0 Å². The van der Waals surface area contributed by atoms with Gasteiger partial charge in [-0.15, -0.1) is 0 Å². The lowest BCUT2D eigenvalue weighted by atomic mass is 10.1. The average Bonchev–Trinajstić information content (AvgIpc) is 2.58. The molecule has 0 aliphatic carbocycles. The van der Waals surface area contributed by atoms with E-state index in [9.17, 15) is 9.59 Å². The maximum atomic E-state index is 11.1. The summed E-state index contributed by atoms with van der Waals surface area (Å²) in [6.07, 6.45) is 14.5. The van der Waals surface area contributed by atoms with Crippen LogP contribution in [0, 0.1) is 0 Å². The number of hydrogen-bond acceptors (Lipinski definition) is 4. The second kappa shape index (κ2) is 10.2. The van der Waals surface area contributed by atoms with Crippen molar-refractivity contribution in [3.8, 4) is 0 Å². The zero-order valence-corrected chi connectivity index (χ0v) is 12.2. The highest BCUT2D eigenvalue weighted by Crippen LogP contribution is 2.12. The molecule has 112 valence electrons. The molecule has 4 nitrogen and oxygen atoms in total. The molecular weight excluding hydrogens is 256 g/mol. The summed E-state index contributed by atoms with van der Waals surface area (Å²) in [5, 5.41) is 0. The summed E-state index contributed by atoms with van der Waals surface area (Å²) < 4.78 is 9.69. The van der Waals surface area contributed by atoms with E-state index in [0.29, 0.717) is 0 Å². The molecule has 4 heteroatoms. The molecule has 0 saturated carbocycles. The van der Waals surface area contributed by atoms with E-state index in [2.05, 4.69) is 6.92 Å². The monoisotopic (exact) mass is 280 g/mol. The molecule has 0 saturated heterocycles. The van der Waals surface area contributed by atoms with Gasteiger partial charge in [0.05, 0.1) is 0 Å².